The lowest BCUT2D eigenvalue weighted by Crippen LogP contribution is -2.48. The number of carboxylic acid groups (broad SMARTS) is 1. The molecule has 6 nitrogen and oxygen atoms in total. The normalized spacial score (nSPS) is 11.0. The van der Waals surface area contributed by atoms with Crippen LogP contribution in [0, 0.1) is 0 Å². The molecule has 0 radical (unpaired) electrons. The lowest BCUT2D eigenvalue weighted by molar-refractivity contribution is -0.135. The zero-order valence-corrected chi connectivity index (χ0v) is 13.0. The number of hydrogen-bond acceptors (Lipinski definition) is 3. The number of amides is 2. The molecular weight excluding hydrogens is 296 g/mol. The van der Waals surface area contributed by atoms with E-state index in [1.54, 1.807) is 31.4 Å². The number of urea groups is 1. The van der Waals surface area contributed by atoms with Crippen LogP contribution in [0.4, 0.5) is 10.5 Å². The molecule has 1 aromatic rings. The van der Waals surface area contributed by atoms with Crippen LogP contribution in [0.2, 0.25) is 5.02 Å². The van der Waals surface area contributed by atoms with Gasteiger partial charge in [0.1, 0.15) is 6.54 Å². The van der Waals surface area contributed by atoms with Crippen LogP contribution in [0.15, 0.2) is 24.3 Å². The minimum atomic E-state index is -1.11. The first-order valence-electron chi connectivity index (χ1n) is 6.33. The Bertz CT molecular complexity index is 502. The average Bonchev–Trinajstić information content (AvgIpc) is 2.43. The number of aliphatic carboxylic acids is 1. The molecule has 0 aromatic heterocycles. The number of rotatable bonds is 6. The molecule has 0 aliphatic carbocycles. The minimum absolute atomic E-state index is 0.256. The molecule has 0 saturated carbocycles. The molecule has 0 aliphatic rings. The standard InChI is InChI=1S/C14H19ClN2O4/c1-14(2,21-3)9-16-13(20)17(8-12(18)19)11-6-4-10(15)5-7-11/h4-7H,8-9H2,1-3H3,(H,16,20)(H,18,19). The van der Waals surface area contributed by atoms with Crippen molar-refractivity contribution in [3.63, 3.8) is 0 Å². The van der Waals surface area contributed by atoms with Gasteiger partial charge in [-0.05, 0) is 38.1 Å². The highest BCUT2D eigenvalue weighted by atomic mass is 35.5. The highest BCUT2D eigenvalue weighted by Gasteiger charge is 2.22. The smallest absolute Gasteiger partial charge is 0.323 e. The molecule has 0 bridgehead atoms. The number of methoxy groups -OCH3 is 1. The Hall–Kier alpha value is -1.79. The summed E-state index contributed by atoms with van der Waals surface area (Å²) < 4.78 is 5.20. The highest BCUT2D eigenvalue weighted by Crippen LogP contribution is 2.18. The topological polar surface area (TPSA) is 78.9 Å². The van der Waals surface area contributed by atoms with Crippen molar-refractivity contribution >= 4 is 29.3 Å². The number of nitrogens with one attached hydrogen (secondary N) is 1. The number of benzene rings is 1. The molecule has 2 amide bonds. The van der Waals surface area contributed by atoms with Crippen molar-refractivity contribution in [2.75, 3.05) is 25.1 Å². The fourth-order valence-corrected chi connectivity index (χ4v) is 1.62. The molecular formula is C14H19ClN2O4. The number of carbonyl (C=O) groups excluding carboxylic acids is 1. The van der Waals surface area contributed by atoms with Gasteiger partial charge in [0.15, 0.2) is 0 Å². The van der Waals surface area contributed by atoms with Crippen LogP contribution in [0.25, 0.3) is 0 Å². The number of ether oxygens (including phenoxy) is 1. The minimum Gasteiger partial charge on any atom is -0.480 e. The molecule has 0 unspecified atom stereocenters. The van der Waals surface area contributed by atoms with E-state index in [1.807, 2.05) is 13.8 Å². The molecule has 7 heteroatoms. The Morgan fingerprint density at radius 1 is 1.33 bits per heavy atom. The van der Waals surface area contributed by atoms with Crippen molar-refractivity contribution in [3.05, 3.63) is 29.3 Å². The zero-order chi connectivity index (χ0) is 16.0. The number of nitrogens with zero attached hydrogens (tertiary/aromatic N) is 1. The largest absolute Gasteiger partial charge is 0.480 e. The van der Waals surface area contributed by atoms with E-state index in [1.165, 1.54) is 0 Å². The van der Waals surface area contributed by atoms with Crippen molar-refractivity contribution in [2.24, 2.45) is 0 Å². The third-order valence-corrected chi connectivity index (χ3v) is 3.15. The van der Waals surface area contributed by atoms with E-state index in [0.717, 1.165) is 4.90 Å². The van der Waals surface area contributed by atoms with Gasteiger partial charge >= 0.3 is 12.0 Å². The van der Waals surface area contributed by atoms with E-state index in [-0.39, 0.29) is 6.54 Å². The number of hydrogen-bond donors (Lipinski definition) is 2. The summed E-state index contributed by atoms with van der Waals surface area (Å²) in [6.07, 6.45) is 0. The number of anilines is 1. The maximum atomic E-state index is 12.2. The maximum Gasteiger partial charge on any atom is 0.323 e. The molecule has 0 aliphatic heterocycles. The molecule has 1 rings (SSSR count). The second-order valence-electron chi connectivity index (χ2n) is 5.08. The molecule has 0 atom stereocenters. The first kappa shape index (κ1) is 17.3. The lowest BCUT2D eigenvalue weighted by atomic mass is 10.1. The summed E-state index contributed by atoms with van der Waals surface area (Å²) in [6, 6.07) is 5.86. The summed E-state index contributed by atoms with van der Waals surface area (Å²) in [5.74, 6) is -1.11. The van der Waals surface area contributed by atoms with Crippen molar-refractivity contribution < 1.29 is 19.4 Å². The SMILES string of the molecule is COC(C)(C)CNC(=O)N(CC(=O)O)c1ccc(Cl)cc1. The Kier molecular flexibility index (Phi) is 5.99. The average molecular weight is 315 g/mol. The van der Waals surface area contributed by atoms with E-state index in [0.29, 0.717) is 10.7 Å². The summed E-state index contributed by atoms with van der Waals surface area (Å²) in [7, 11) is 1.54. The third-order valence-electron chi connectivity index (χ3n) is 2.89. The summed E-state index contributed by atoms with van der Waals surface area (Å²) in [5.41, 5.74) is -0.0839. The molecule has 1 aromatic carbocycles. The van der Waals surface area contributed by atoms with Gasteiger partial charge in [-0.15, -0.1) is 0 Å². The number of halogens is 1. The van der Waals surface area contributed by atoms with Crippen molar-refractivity contribution in [2.45, 2.75) is 19.4 Å². The van der Waals surface area contributed by atoms with Gasteiger partial charge in [-0.2, -0.15) is 0 Å². The summed E-state index contributed by atoms with van der Waals surface area (Å²) in [4.78, 5) is 24.3. The monoisotopic (exact) mass is 314 g/mol. The van der Waals surface area contributed by atoms with Crippen LogP contribution in [0.3, 0.4) is 0 Å². The van der Waals surface area contributed by atoms with Gasteiger partial charge in [-0.1, -0.05) is 11.6 Å². The van der Waals surface area contributed by atoms with E-state index >= 15 is 0 Å². The fraction of sp³-hybridized carbons (Fsp3) is 0.429. The first-order valence-corrected chi connectivity index (χ1v) is 6.71. The van der Waals surface area contributed by atoms with Crippen LogP contribution >= 0.6 is 11.6 Å². The van der Waals surface area contributed by atoms with Gasteiger partial charge in [0.2, 0.25) is 0 Å². The lowest BCUT2D eigenvalue weighted by Gasteiger charge is -2.26. The van der Waals surface area contributed by atoms with E-state index in [2.05, 4.69) is 5.32 Å². The van der Waals surface area contributed by atoms with Gasteiger partial charge in [0.25, 0.3) is 0 Å². The number of carbonyl (C=O) groups is 2. The summed E-state index contributed by atoms with van der Waals surface area (Å²) >= 11 is 5.79. The molecule has 2 N–H and O–H groups in total. The van der Waals surface area contributed by atoms with Crippen molar-refractivity contribution in [1.82, 2.24) is 5.32 Å². The Morgan fingerprint density at radius 3 is 2.38 bits per heavy atom. The predicted octanol–water partition coefficient (Wildman–Crippen LogP) is 2.37. The van der Waals surface area contributed by atoms with Gasteiger partial charge in [0.05, 0.1) is 5.60 Å². The third kappa shape index (κ3) is 5.61. The predicted molar refractivity (Wildman–Crippen MR) is 80.9 cm³/mol. The highest BCUT2D eigenvalue weighted by molar-refractivity contribution is 6.30. The van der Waals surface area contributed by atoms with Crippen molar-refractivity contribution in [1.29, 1.82) is 0 Å². The second-order valence-corrected chi connectivity index (χ2v) is 5.52. The molecule has 0 saturated heterocycles. The van der Waals surface area contributed by atoms with Gasteiger partial charge in [-0.25, -0.2) is 4.79 Å². The first-order chi connectivity index (χ1) is 9.75. The Balaban J connectivity index is 2.84. The number of carboxylic acids is 1. The second kappa shape index (κ2) is 7.28. The van der Waals surface area contributed by atoms with Gasteiger partial charge in [0, 0.05) is 24.4 Å². The van der Waals surface area contributed by atoms with E-state index in [9.17, 15) is 9.59 Å². The summed E-state index contributed by atoms with van der Waals surface area (Å²) in [5, 5.41) is 12.1. The van der Waals surface area contributed by atoms with Crippen LogP contribution in [0.5, 0.6) is 0 Å². The maximum absolute atomic E-state index is 12.2. The van der Waals surface area contributed by atoms with Crippen LogP contribution in [-0.4, -0.2) is 42.9 Å². The van der Waals surface area contributed by atoms with Crippen LogP contribution in [-0.2, 0) is 9.53 Å². The summed E-state index contributed by atoms with van der Waals surface area (Å²) in [6.45, 7) is 3.45. The van der Waals surface area contributed by atoms with E-state index < -0.39 is 24.1 Å². The molecule has 21 heavy (non-hydrogen) atoms. The quantitative estimate of drug-likeness (QED) is 0.845. The van der Waals surface area contributed by atoms with E-state index in [4.69, 9.17) is 21.4 Å². The van der Waals surface area contributed by atoms with Gasteiger partial charge < -0.3 is 15.2 Å². The van der Waals surface area contributed by atoms with Crippen molar-refractivity contribution in [3.8, 4) is 0 Å². The van der Waals surface area contributed by atoms with Crippen LogP contribution < -0.4 is 10.2 Å². The molecule has 0 spiro atoms. The fourth-order valence-electron chi connectivity index (χ4n) is 1.49. The Morgan fingerprint density at radius 2 is 1.90 bits per heavy atom. The molecule has 116 valence electrons. The molecule has 0 fully saturated rings. The zero-order valence-electron chi connectivity index (χ0n) is 12.2. The van der Waals surface area contributed by atoms with Gasteiger partial charge in [-0.3, -0.25) is 9.69 Å². The Labute approximate surface area is 128 Å². The molecule has 0 heterocycles. The van der Waals surface area contributed by atoms with Crippen LogP contribution in [0.1, 0.15) is 13.8 Å².